The Kier molecular flexibility index (Phi) is 4.60. The monoisotopic (exact) mass is 204 g/mol. The summed E-state index contributed by atoms with van der Waals surface area (Å²) in [4.78, 5) is 4.10. The lowest BCUT2D eigenvalue weighted by molar-refractivity contribution is 0.199. The van der Waals surface area contributed by atoms with Crippen LogP contribution in [0.5, 0.6) is 0 Å². The van der Waals surface area contributed by atoms with Gasteiger partial charge in [0.1, 0.15) is 4.34 Å². The van der Waals surface area contributed by atoms with Crippen molar-refractivity contribution in [2.75, 3.05) is 19.3 Å². The lowest BCUT2D eigenvalue weighted by Gasteiger charge is -2.06. The van der Waals surface area contributed by atoms with Crippen molar-refractivity contribution in [2.45, 2.75) is 10.4 Å². The molecule has 1 unspecified atom stereocenters. The van der Waals surface area contributed by atoms with E-state index in [1.165, 1.54) is 0 Å². The summed E-state index contributed by atoms with van der Waals surface area (Å²) in [6.45, 7) is 0.637. The third-order valence-electron chi connectivity index (χ3n) is 1.25. The number of aliphatic hydroxyl groups is 1. The molecule has 1 heterocycles. The summed E-state index contributed by atoms with van der Waals surface area (Å²) in [5.74, 6) is 0.703. The highest BCUT2D eigenvalue weighted by atomic mass is 32.2. The van der Waals surface area contributed by atoms with Crippen LogP contribution in [-0.2, 0) is 0 Å². The molecule has 2 N–H and O–H groups in total. The number of hydrogen-bond donors (Lipinski definition) is 2. The second-order valence-electron chi connectivity index (χ2n) is 2.32. The van der Waals surface area contributed by atoms with Gasteiger partial charge in [-0.3, -0.25) is 0 Å². The molecular formula is C7H12N2OS2. The molecule has 0 saturated carbocycles. The van der Waals surface area contributed by atoms with E-state index in [0.29, 0.717) is 12.3 Å². The zero-order valence-corrected chi connectivity index (χ0v) is 8.49. The van der Waals surface area contributed by atoms with E-state index in [0.717, 1.165) is 4.34 Å². The maximum Gasteiger partial charge on any atom is 0.149 e. The number of aromatic nitrogens is 1. The quantitative estimate of drug-likeness (QED) is 0.697. The van der Waals surface area contributed by atoms with Crippen LogP contribution in [0, 0.1) is 0 Å². The first-order chi connectivity index (χ1) is 5.83. The van der Waals surface area contributed by atoms with Crippen LogP contribution in [0.3, 0.4) is 0 Å². The fourth-order valence-electron chi connectivity index (χ4n) is 0.744. The zero-order valence-electron chi connectivity index (χ0n) is 6.86. The second kappa shape index (κ2) is 5.53. The zero-order chi connectivity index (χ0) is 8.81. The van der Waals surface area contributed by atoms with E-state index < -0.39 is 0 Å². The summed E-state index contributed by atoms with van der Waals surface area (Å²) in [5, 5.41) is 14.2. The van der Waals surface area contributed by atoms with Gasteiger partial charge >= 0.3 is 0 Å². The van der Waals surface area contributed by atoms with Crippen LogP contribution in [0.2, 0.25) is 0 Å². The largest absolute Gasteiger partial charge is 0.391 e. The van der Waals surface area contributed by atoms with Gasteiger partial charge in [-0.1, -0.05) is 11.8 Å². The highest BCUT2D eigenvalue weighted by Crippen LogP contribution is 2.20. The first-order valence-corrected chi connectivity index (χ1v) is 5.54. The van der Waals surface area contributed by atoms with Crippen molar-refractivity contribution < 1.29 is 5.11 Å². The van der Waals surface area contributed by atoms with E-state index in [2.05, 4.69) is 10.3 Å². The Morgan fingerprint density at radius 3 is 3.25 bits per heavy atom. The summed E-state index contributed by atoms with van der Waals surface area (Å²) in [6, 6.07) is 0. The van der Waals surface area contributed by atoms with Crippen LogP contribution in [0.15, 0.2) is 15.9 Å². The molecule has 1 aromatic heterocycles. The van der Waals surface area contributed by atoms with Gasteiger partial charge in [-0.25, -0.2) is 4.98 Å². The number of nitrogens with one attached hydrogen (secondary N) is 1. The number of likely N-dealkylation sites (N-methyl/N-ethyl adjacent to an activating group) is 1. The molecule has 0 saturated heterocycles. The van der Waals surface area contributed by atoms with Gasteiger partial charge in [0.05, 0.1) is 6.10 Å². The second-order valence-corrected chi connectivity index (χ2v) is 4.48. The van der Waals surface area contributed by atoms with Gasteiger partial charge in [0.2, 0.25) is 0 Å². The Labute approximate surface area is 80.2 Å². The summed E-state index contributed by atoms with van der Waals surface area (Å²) >= 11 is 3.20. The summed E-state index contributed by atoms with van der Waals surface area (Å²) in [7, 11) is 1.83. The number of hydrogen-bond acceptors (Lipinski definition) is 5. The minimum Gasteiger partial charge on any atom is -0.391 e. The van der Waals surface area contributed by atoms with Crippen LogP contribution >= 0.6 is 23.1 Å². The maximum absolute atomic E-state index is 9.34. The molecule has 1 atom stereocenters. The number of thioether (sulfide) groups is 1. The van der Waals surface area contributed by atoms with E-state index in [1.807, 2.05) is 12.4 Å². The van der Waals surface area contributed by atoms with Crippen molar-refractivity contribution in [3.63, 3.8) is 0 Å². The molecule has 0 amide bonds. The van der Waals surface area contributed by atoms with Crippen molar-refractivity contribution in [1.82, 2.24) is 10.3 Å². The van der Waals surface area contributed by atoms with Crippen molar-refractivity contribution in [1.29, 1.82) is 0 Å². The Morgan fingerprint density at radius 1 is 1.83 bits per heavy atom. The Bertz CT molecular complexity index is 203. The van der Waals surface area contributed by atoms with E-state index in [-0.39, 0.29) is 6.10 Å². The van der Waals surface area contributed by atoms with E-state index >= 15 is 0 Å². The predicted octanol–water partition coefficient (Wildman–Crippen LogP) is 0.815. The molecule has 0 radical (unpaired) electrons. The van der Waals surface area contributed by atoms with Crippen LogP contribution in [0.4, 0.5) is 0 Å². The van der Waals surface area contributed by atoms with Gasteiger partial charge in [-0.2, -0.15) is 0 Å². The number of rotatable bonds is 5. The van der Waals surface area contributed by atoms with Crippen molar-refractivity contribution >= 4 is 23.1 Å². The van der Waals surface area contributed by atoms with E-state index in [1.54, 1.807) is 29.3 Å². The summed E-state index contributed by atoms with van der Waals surface area (Å²) in [6.07, 6.45) is 1.49. The predicted molar refractivity (Wildman–Crippen MR) is 52.8 cm³/mol. The highest BCUT2D eigenvalue weighted by molar-refractivity contribution is 8.01. The summed E-state index contributed by atoms with van der Waals surface area (Å²) < 4.78 is 1.02. The SMILES string of the molecule is CNCC(O)CSc1nccs1. The fraction of sp³-hybridized carbons (Fsp3) is 0.571. The molecule has 0 aliphatic carbocycles. The van der Waals surface area contributed by atoms with Gasteiger partial charge in [0.15, 0.2) is 0 Å². The standard InChI is InChI=1S/C7H12N2OS2/c1-8-4-6(10)5-12-7-9-2-3-11-7/h2-3,6,8,10H,4-5H2,1H3. The van der Waals surface area contributed by atoms with Crippen LogP contribution in [0.1, 0.15) is 0 Å². The minimum absolute atomic E-state index is 0.288. The molecule has 0 fully saturated rings. The molecule has 12 heavy (non-hydrogen) atoms. The van der Waals surface area contributed by atoms with Crippen molar-refractivity contribution in [3.05, 3.63) is 11.6 Å². The van der Waals surface area contributed by atoms with Gasteiger partial charge in [-0.15, -0.1) is 11.3 Å². The molecule has 0 aliphatic heterocycles. The summed E-state index contributed by atoms with van der Waals surface area (Å²) in [5.41, 5.74) is 0. The minimum atomic E-state index is -0.288. The fourth-order valence-corrected chi connectivity index (χ4v) is 2.33. The highest BCUT2D eigenvalue weighted by Gasteiger charge is 2.04. The van der Waals surface area contributed by atoms with Gasteiger partial charge < -0.3 is 10.4 Å². The number of nitrogens with zero attached hydrogens (tertiary/aromatic N) is 1. The number of aliphatic hydroxyl groups excluding tert-OH is 1. The Hall–Kier alpha value is -0.100. The average Bonchev–Trinajstić information content (AvgIpc) is 2.53. The Balaban J connectivity index is 2.17. The van der Waals surface area contributed by atoms with Crippen molar-refractivity contribution in [3.8, 4) is 0 Å². The molecule has 1 aromatic rings. The Morgan fingerprint density at radius 2 is 2.67 bits per heavy atom. The normalized spacial score (nSPS) is 13.2. The molecule has 0 bridgehead atoms. The smallest absolute Gasteiger partial charge is 0.149 e. The van der Waals surface area contributed by atoms with E-state index in [4.69, 9.17) is 0 Å². The third-order valence-corrected chi connectivity index (χ3v) is 3.36. The molecule has 0 spiro atoms. The van der Waals surface area contributed by atoms with Crippen LogP contribution in [0.25, 0.3) is 0 Å². The van der Waals surface area contributed by atoms with Crippen LogP contribution in [-0.4, -0.2) is 35.5 Å². The molecule has 1 rings (SSSR count). The molecule has 0 aliphatic rings. The lowest BCUT2D eigenvalue weighted by Crippen LogP contribution is -2.25. The topological polar surface area (TPSA) is 45.1 Å². The van der Waals surface area contributed by atoms with E-state index in [9.17, 15) is 5.11 Å². The average molecular weight is 204 g/mol. The van der Waals surface area contributed by atoms with Crippen LogP contribution < -0.4 is 5.32 Å². The molecule has 68 valence electrons. The molecule has 5 heteroatoms. The third kappa shape index (κ3) is 3.53. The molecule has 0 aromatic carbocycles. The maximum atomic E-state index is 9.34. The van der Waals surface area contributed by atoms with Gasteiger partial charge in [0, 0.05) is 23.9 Å². The first kappa shape index (κ1) is 9.98. The molecule has 3 nitrogen and oxygen atoms in total. The first-order valence-electron chi connectivity index (χ1n) is 3.68. The van der Waals surface area contributed by atoms with Crippen molar-refractivity contribution in [2.24, 2.45) is 0 Å². The lowest BCUT2D eigenvalue weighted by atomic mass is 10.4. The van der Waals surface area contributed by atoms with Gasteiger partial charge in [-0.05, 0) is 7.05 Å². The van der Waals surface area contributed by atoms with Gasteiger partial charge in [0.25, 0.3) is 0 Å². The number of thiazole rings is 1. The molecular weight excluding hydrogens is 192 g/mol.